The van der Waals surface area contributed by atoms with E-state index in [1.165, 1.54) is 0 Å². The first-order chi connectivity index (χ1) is 12.2. The van der Waals surface area contributed by atoms with E-state index in [0.29, 0.717) is 11.5 Å². The number of aryl methyl sites for hydroxylation is 1. The van der Waals surface area contributed by atoms with E-state index < -0.39 is 8.24 Å². The van der Waals surface area contributed by atoms with E-state index >= 15 is 0 Å². The summed E-state index contributed by atoms with van der Waals surface area (Å²) < 4.78 is 23.5. The van der Waals surface area contributed by atoms with Crippen LogP contribution in [0.1, 0.15) is 5.56 Å². The molecule has 0 unspecified atom stereocenters. The highest BCUT2D eigenvalue weighted by Gasteiger charge is 2.11. The second-order valence-electron chi connectivity index (χ2n) is 5.64. The Bertz CT molecular complexity index is 1030. The van der Waals surface area contributed by atoms with Crippen molar-refractivity contribution in [2.24, 2.45) is 0 Å². The molecule has 0 aliphatic rings. The number of hydrogen-bond acceptors (Lipinski definition) is 4. The van der Waals surface area contributed by atoms with Crippen molar-refractivity contribution in [3.05, 3.63) is 72.3 Å². The molecule has 1 aromatic heterocycles. The first-order valence-electron chi connectivity index (χ1n) is 7.92. The SMILES string of the molecule is COc1cc(C)ccc1Op1oc2ccccc2c2ccccc2o1. The maximum absolute atomic E-state index is 6.04. The quantitative estimate of drug-likeness (QED) is 0.425. The van der Waals surface area contributed by atoms with E-state index in [9.17, 15) is 0 Å². The first kappa shape index (κ1) is 15.7. The molecule has 3 aromatic carbocycles. The summed E-state index contributed by atoms with van der Waals surface area (Å²) in [5.41, 5.74) is 2.57. The lowest BCUT2D eigenvalue weighted by molar-refractivity contribution is 0.390. The number of methoxy groups -OCH3 is 1. The maximum atomic E-state index is 6.04. The Morgan fingerprint density at radius 1 is 0.760 bits per heavy atom. The number of hydrogen-bond donors (Lipinski definition) is 0. The van der Waals surface area contributed by atoms with Gasteiger partial charge in [0, 0.05) is 10.8 Å². The molecule has 0 atom stereocenters. The van der Waals surface area contributed by atoms with Gasteiger partial charge in [-0.2, -0.15) is 0 Å². The van der Waals surface area contributed by atoms with Crippen molar-refractivity contribution in [1.82, 2.24) is 0 Å². The monoisotopic (exact) mass is 352 g/mol. The second kappa shape index (κ2) is 6.58. The van der Waals surface area contributed by atoms with Crippen molar-refractivity contribution in [3.8, 4) is 11.5 Å². The van der Waals surface area contributed by atoms with Gasteiger partial charge in [-0.05, 0) is 36.8 Å². The summed E-state index contributed by atoms with van der Waals surface area (Å²) in [7, 11) is -0.0401. The van der Waals surface area contributed by atoms with Gasteiger partial charge in [0.1, 0.15) is 11.2 Å². The Morgan fingerprint density at radius 3 is 1.96 bits per heavy atom. The number of rotatable bonds is 3. The zero-order chi connectivity index (χ0) is 17.2. The van der Waals surface area contributed by atoms with Gasteiger partial charge in [-0.25, -0.2) is 0 Å². The minimum atomic E-state index is -1.66. The van der Waals surface area contributed by atoms with Crippen LogP contribution in [0.25, 0.3) is 21.9 Å². The molecule has 4 rings (SSSR count). The van der Waals surface area contributed by atoms with Crippen molar-refractivity contribution in [2.75, 3.05) is 7.11 Å². The molecule has 4 nitrogen and oxygen atoms in total. The summed E-state index contributed by atoms with van der Waals surface area (Å²) in [5, 5.41) is 1.98. The average Bonchev–Trinajstić information content (AvgIpc) is 2.79. The molecule has 5 heteroatoms. The minimum Gasteiger partial charge on any atom is -0.493 e. The van der Waals surface area contributed by atoms with Crippen LogP contribution in [-0.4, -0.2) is 7.11 Å². The molecule has 0 amide bonds. The molecular formula is C20H17O4P. The van der Waals surface area contributed by atoms with Crippen molar-refractivity contribution < 1.29 is 17.7 Å². The van der Waals surface area contributed by atoms with Gasteiger partial charge >= 0.3 is 8.24 Å². The predicted molar refractivity (Wildman–Crippen MR) is 100 cm³/mol. The molecule has 0 bridgehead atoms. The van der Waals surface area contributed by atoms with E-state index in [2.05, 4.69) is 0 Å². The largest absolute Gasteiger partial charge is 0.493 e. The lowest BCUT2D eigenvalue weighted by Gasteiger charge is -2.08. The van der Waals surface area contributed by atoms with E-state index in [0.717, 1.165) is 27.5 Å². The summed E-state index contributed by atoms with van der Waals surface area (Å²) >= 11 is 0. The van der Waals surface area contributed by atoms with Crippen molar-refractivity contribution in [3.63, 3.8) is 0 Å². The zero-order valence-electron chi connectivity index (χ0n) is 13.9. The number of ether oxygens (including phenoxy) is 1. The molecule has 0 aliphatic heterocycles. The van der Waals surface area contributed by atoms with E-state index in [4.69, 9.17) is 17.7 Å². The Hall–Kier alpha value is -2.84. The lowest BCUT2D eigenvalue weighted by atomic mass is 10.1. The highest BCUT2D eigenvalue weighted by Crippen LogP contribution is 2.40. The van der Waals surface area contributed by atoms with E-state index in [-0.39, 0.29) is 0 Å². The van der Waals surface area contributed by atoms with Gasteiger partial charge in [0.05, 0.1) is 7.11 Å². The Balaban J connectivity index is 1.93. The molecule has 0 spiro atoms. The van der Waals surface area contributed by atoms with Crippen LogP contribution in [0, 0.1) is 6.92 Å². The molecule has 0 radical (unpaired) electrons. The van der Waals surface area contributed by atoms with Gasteiger partial charge in [-0.1, -0.05) is 42.5 Å². The molecule has 0 saturated heterocycles. The van der Waals surface area contributed by atoms with Crippen LogP contribution >= 0.6 is 8.24 Å². The van der Waals surface area contributed by atoms with Gasteiger partial charge in [0.2, 0.25) is 0 Å². The van der Waals surface area contributed by atoms with Gasteiger partial charge in [0.25, 0.3) is 0 Å². The van der Waals surface area contributed by atoms with Crippen LogP contribution in [0.5, 0.6) is 11.5 Å². The Kier molecular flexibility index (Phi) is 4.12. The van der Waals surface area contributed by atoms with Crippen LogP contribution in [-0.2, 0) is 0 Å². The normalized spacial score (nSPS) is 10.8. The fourth-order valence-corrected chi connectivity index (χ4v) is 3.75. The second-order valence-corrected chi connectivity index (χ2v) is 6.64. The molecule has 0 fully saturated rings. The van der Waals surface area contributed by atoms with Crippen molar-refractivity contribution >= 4 is 30.2 Å². The molecular weight excluding hydrogens is 335 g/mol. The molecule has 126 valence electrons. The topological polar surface area (TPSA) is 44.7 Å². The van der Waals surface area contributed by atoms with Crippen LogP contribution in [0.4, 0.5) is 0 Å². The maximum Gasteiger partial charge on any atom is 0.453 e. The highest BCUT2D eigenvalue weighted by molar-refractivity contribution is 7.32. The fourth-order valence-electron chi connectivity index (χ4n) is 2.68. The van der Waals surface area contributed by atoms with Crippen molar-refractivity contribution in [2.45, 2.75) is 6.92 Å². The average molecular weight is 352 g/mol. The van der Waals surface area contributed by atoms with Crippen LogP contribution < -0.4 is 9.26 Å². The summed E-state index contributed by atoms with van der Waals surface area (Å²) in [5.74, 6) is 1.25. The minimum absolute atomic E-state index is 0.594. The summed E-state index contributed by atoms with van der Waals surface area (Å²) in [6.45, 7) is 2.00. The highest BCUT2D eigenvalue weighted by atomic mass is 31.1. The number of para-hydroxylation sites is 2. The van der Waals surface area contributed by atoms with E-state index in [1.54, 1.807) is 7.11 Å². The molecule has 1 heterocycles. The van der Waals surface area contributed by atoms with Crippen LogP contribution in [0.3, 0.4) is 0 Å². The third kappa shape index (κ3) is 3.09. The Labute approximate surface area is 146 Å². The smallest absolute Gasteiger partial charge is 0.453 e. The summed E-state index contributed by atoms with van der Waals surface area (Å²) in [4.78, 5) is 0. The number of fused-ring (bicyclic) bond motifs is 3. The van der Waals surface area contributed by atoms with Crippen LogP contribution in [0.2, 0.25) is 0 Å². The molecule has 4 aromatic rings. The first-order valence-corrected chi connectivity index (χ1v) is 9.01. The third-order valence-corrected chi connectivity index (χ3v) is 4.94. The van der Waals surface area contributed by atoms with Crippen LogP contribution in [0.15, 0.2) is 75.1 Å². The molecule has 0 saturated carbocycles. The number of benzene rings is 3. The van der Waals surface area contributed by atoms with E-state index in [1.807, 2.05) is 73.7 Å². The fraction of sp³-hybridized carbons (Fsp3) is 0.100. The lowest BCUT2D eigenvalue weighted by Crippen LogP contribution is -1.88. The molecule has 0 N–H and O–H groups in total. The molecule has 25 heavy (non-hydrogen) atoms. The van der Waals surface area contributed by atoms with Gasteiger partial charge in [-0.15, -0.1) is 0 Å². The summed E-state index contributed by atoms with van der Waals surface area (Å²) in [6, 6.07) is 21.5. The summed E-state index contributed by atoms with van der Waals surface area (Å²) in [6.07, 6.45) is 0. The van der Waals surface area contributed by atoms with Gasteiger partial charge in [-0.3, -0.25) is 0 Å². The molecule has 0 aliphatic carbocycles. The van der Waals surface area contributed by atoms with Crippen molar-refractivity contribution in [1.29, 1.82) is 0 Å². The third-order valence-electron chi connectivity index (χ3n) is 3.90. The van der Waals surface area contributed by atoms with Gasteiger partial charge in [0.15, 0.2) is 11.5 Å². The standard InChI is InChI=1S/C20H17O4P/c1-14-11-12-19(20(13-14)21-2)24-25-22-17-9-5-3-7-15(17)16-8-4-6-10-18(16)23-25/h3-13H,1-2H3. The zero-order valence-corrected chi connectivity index (χ0v) is 14.8. The predicted octanol–water partition coefficient (Wildman–Crippen LogP) is 6.45. The van der Waals surface area contributed by atoms with Gasteiger partial charge < -0.3 is 17.7 Å². The Morgan fingerprint density at radius 2 is 1.36 bits per heavy atom.